The average molecular weight is 1420 g/mol. The third kappa shape index (κ3) is 6.83. The molecule has 54 heavy (non-hydrogen) atoms. The molecule has 270 valence electrons. The SMILES string of the molecule is CC1=C(c2sc(I)c(I)c2I)C(/C=C/c2ccncc2)=[N+]2C1=C(c1ccccc1)c1c(C)c(-c3sc(I)c(I)c3I)c(/C=C/c3ccncc3)n1[B-]2(F)F. The third-order valence-corrected chi connectivity index (χ3v) is 23.7. The van der Waals surface area contributed by atoms with Crippen molar-refractivity contribution in [2.45, 2.75) is 13.8 Å². The van der Waals surface area contributed by atoms with Crippen molar-refractivity contribution < 1.29 is 13.1 Å². The first-order valence-corrected chi connectivity index (χ1v) is 24.4. The fourth-order valence-electron chi connectivity index (χ4n) is 7.08. The molecule has 2 aliphatic heterocycles. The lowest BCUT2D eigenvalue weighted by atomic mass is 9.83. The highest BCUT2D eigenvalue weighted by Crippen LogP contribution is 2.53. The first-order valence-electron chi connectivity index (χ1n) is 16.3. The van der Waals surface area contributed by atoms with Crippen LogP contribution < -0.4 is 0 Å². The van der Waals surface area contributed by atoms with Crippen molar-refractivity contribution >= 4 is 200 Å². The molecule has 0 radical (unpaired) electrons. The van der Waals surface area contributed by atoms with Crippen LogP contribution in [-0.4, -0.2) is 31.6 Å². The summed E-state index contributed by atoms with van der Waals surface area (Å²) in [5.41, 5.74) is 8.78. The number of rotatable bonds is 7. The van der Waals surface area contributed by atoms with Crippen LogP contribution in [0.3, 0.4) is 0 Å². The van der Waals surface area contributed by atoms with Crippen molar-refractivity contribution in [3.63, 3.8) is 0 Å². The number of aromatic nitrogens is 3. The van der Waals surface area contributed by atoms with Crippen molar-refractivity contribution in [2.75, 3.05) is 0 Å². The number of thiophene rings is 2. The molecule has 0 atom stereocenters. The lowest BCUT2D eigenvalue weighted by molar-refractivity contribution is -0.361. The maximum atomic E-state index is 18.5. The van der Waals surface area contributed by atoms with Gasteiger partial charge in [0.1, 0.15) is 0 Å². The third-order valence-electron chi connectivity index (χ3n) is 9.38. The molecule has 0 spiro atoms. The number of hydrogen-bond donors (Lipinski definition) is 0. The van der Waals surface area contributed by atoms with Gasteiger partial charge in [-0.1, -0.05) is 36.4 Å². The minimum Gasteiger partial charge on any atom is -0.389 e. The van der Waals surface area contributed by atoms with Crippen LogP contribution in [0.15, 0.2) is 96.7 Å². The molecule has 0 amide bonds. The quantitative estimate of drug-likeness (QED) is 0.118. The summed E-state index contributed by atoms with van der Waals surface area (Å²) in [6, 6.07) is 17.6. The van der Waals surface area contributed by atoms with Gasteiger partial charge in [0.25, 0.3) is 0 Å². The number of pyridine rings is 2. The highest BCUT2D eigenvalue weighted by molar-refractivity contribution is 14.1. The number of allylic oxidation sites excluding steroid dienone is 3. The van der Waals surface area contributed by atoms with Gasteiger partial charge in [0.05, 0.1) is 33.8 Å². The summed E-state index contributed by atoms with van der Waals surface area (Å²) in [5, 5.41) is 0. The van der Waals surface area contributed by atoms with Crippen LogP contribution in [0.1, 0.15) is 45.4 Å². The van der Waals surface area contributed by atoms with E-state index in [1.165, 1.54) is 8.96 Å². The van der Waals surface area contributed by atoms with Crippen molar-refractivity contribution in [1.29, 1.82) is 0 Å². The van der Waals surface area contributed by atoms with Crippen LogP contribution in [0.25, 0.3) is 39.8 Å². The van der Waals surface area contributed by atoms with E-state index in [0.717, 1.165) is 74.3 Å². The van der Waals surface area contributed by atoms with Crippen molar-refractivity contribution in [1.82, 2.24) is 14.4 Å². The van der Waals surface area contributed by atoms with E-state index in [1.807, 2.05) is 92.7 Å². The topological polar surface area (TPSA) is 33.7 Å². The van der Waals surface area contributed by atoms with Crippen LogP contribution in [0, 0.1) is 27.0 Å². The number of fused-ring (bicyclic) bond motifs is 2. The van der Waals surface area contributed by atoms with E-state index in [-0.39, 0.29) is 0 Å². The maximum absolute atomic E-state index is 18.5. The van der Waals surface area contributed by atoms with Crippen LogP contribution in [-0.2, 0) is 0 Å². The van der Waals surface area contributed by atoms with Gasteiger partial charge in [0.15, 0.2) is 11.4 Å². The van der Waals surface area contributed by atoms with Gasteiger partial charge >= 0.3 is 6.97 Å². The highest BCUT2D eigenvalue weighted by atomic mass is 127. The van der Waals surface area contributed by atoms with E-state index in [0.29, 0.717) is 22.8 Å². The molecule has 0 aliphatic carbocycles. The lowest BCUT2D eigenvalue weighted by Gasteiger charge is -2.34. The van der Waals surface area contributed by atoms with E-state index in [9.17, 15) is 0 Å². The second-order valence-electron chi connectivity index (χ2n) is 12.4. The van der Waals surface area contributed by atoms with Gasteiger partial charge in [-0.2, -0.15) is 0 Å². The number of benzene rings is 1. The zero-order valence-corrected chi connectivity index (χ0v) is 42.6. The molecule has 0 fully saturated rings. The molecule has 7 heterocycles. The van der Waals surface area contributed by atoms with E-state index in [2.05, 4.69) is 146 Å². The van der Waals surface area contributed by atoms with E-state index in [1.54, 1.807) is 47.5 Å². The Kier molecular flexibility index (Phi) is 11.9. The predicted molar refractivity (Wildman–Crippen MR) is 273 cm³/mol. The Morgan fingerprint density at radius 2 is 1.20 bits per heavy atom. The van der Waals surface area contributed by atoms with Crippen LogP contribution in [0.5, 0.6) is 0 Å². The molecule has 15 heteroatoms. The molecule has 5 aromatic heterocycles. The van der Waals surface area contributed by atoms with Gasteiger partial charge in [0.2, 0.25) is 0 Å². The molecule has 0 saturated heterocycles. The molecular weight excluding hydrogens is 1400 g/mol. The Balaban J connectivity index is 1.54. The Hall–Kier alpha value is -0.865. The summed E-state index contributed by atoms with van der Waals surface area (Å²) >= 11 is 17.5. The maximum Gasteiger partial charge on any atom is 0.737 e. The molecule has 0 saturated carbocycles. The Bertz CT molecular complexity index is 2660. The first-order chi connectivity index (χ1) is 25.9. The Morgan fingerprint density at radius 1 is 0.667 bits per heavy atom. The minimum atomic E-state index is -4.47. The standard InChI is InChI=1S/C39H23BF2I6N4S2/c1-20-27(36-30(43)32(45)38(47)53-36)25(10-8-22-12-16-49-17-13-22)51-34(20)29(24-6-4-3-5-7-24)35-21(2)28(37-31(44)33(46)39(48)54-37)26(52(35)40(51,41)42)11-9-23-14-18-50-19-15-23/h3-19H,1-2H3/b10-8+,11-9+. The van der Waals surface area contributed by atoms with Gasteiger partial charge in [0, 0.05) is 60.5 Å². The average Bonchev–Trinajstić information content (AvgIpc) is 3.82. The normalized spacial score (nSPS) is 15.4. The van der Waals surface area contributed by atoms with Crippen molar-refractivity contribution in [2.24, 2.45) is 0 Å². The van der Waals surface area contributed by atoms with E-state index in [4.69, 9.17) is 0 Å². The molecule has 0 bridgehead atoms. The molecule has 0 N–H and O–H groups in total. The van der Waals surface area contributed by atoms with Gasteiger partial charge in [-0.25, -0.2) is 0 Å². The van der Waals surface area contributed by atoms with Gasteiger partial charge < -0.3 is 17.6 Å². The zero-order chi connectivity index (χ0) is 38.1. The van der Waals surface area contributed by atoms with Crippen LogP contribution in [0.2, 0.25) is 0 Å². The van der Waals surface area contributed by atoms with Gasteiger partial charge in [-0.3, -0.25) is 9.97 Å². The fourth-order valence-corrected chi connectivity index (χ4v) is 15.5. The molecular formula is C39H23BF2I6N4S2. The summed E-state index contributed by atoms with van der Waals surface area (Å²) in [7, 11) is 0. The number of halogens is 8. The summed E-state index contributed by atoms with van der Waals surface area (Å²) < 4.78 is 46.4. The Labute approximate surface area is 401 Å². The first kappa shape index (κ1) is 39.9. The summed E-state index contributed by atoms with van der Waals surface area (Å²) in [4.78, 5) is 10.3. The number of nitrogens with zero attached hydrogens (tertiary/aromatic N) is 4. The van der Waals surface area contributed by atoms with E-state index < -0.39 is 6.97 Å². The molecule has 2 aliphatic rings. The molecule has 8 rings (SSSR count). The zero-order valence-electron chi connectivity index (χ0n) is 28.0. The largest absolute Gasteiger partial charge is 0.737 e. The Morgan fingerprint density at radius 3 is 1.74 bits per heavy atom. The van der Waals surface area contributed by atoms with Crippen molar-refractivity contribution in [3.05, 3.63) is 155 Å². The minimum absolute atomic E-state index is 0.474. The molecule has 0 unspecified atom stereocenters. The monoisotopic (exact) mass is 1420 g/mol. The summed E-state index contributed by atoms with van der Waals surface area (Å²) in [5.74, 6) is 0. The smallest absolute Gasteiger partial charge is 0.389 e. The lowest BCUT2D eigenvalue weighted by Crippen LogP contribution is -2.51. The van der Waals surface area contributed by atoms with E-state index >= 15 is 8.63 Å². The number of hydrogen-bond acceptors (Lipinski definition) is 4. The fraction of sp³-hybridized carbons (Fsp3) is 0.0513. The van der Waals surface area contributed by atoms with Gasteiger partial charge in [-0.15, -0.1) is 22.7 Å². The second kappa shape index (κ2) is 16.1. The molecule has 1 aromatic carbocycles. The van der Waals surface area contributed by atoms with Crippen LogP contribution >= 0.6 is 158 Å². The summed E-state index contributed by atoms with van der Waals surface area (Å²) in [6.07, 6.45) is 14.5. The molecule has 4 nitrogen and oxygen atoms in total. The molecule has 6 aromatic rings. The summed E-state index contributed by atoms with van der Waals surface area (Å²) in [6.45, 7) is -0.435. The van der Waals surface area contributed by atoms with Gasteiger partial charge in [-0.05, 0) is 208 Å². The second-order valence-corrected chi connectivity index (χ2v) is 22.4. The predicted octanol–water partition coefficient (Wildman–Crippen LogP) is 13.8. The highest BCUT2D eigenvalue weighted by Gasteiger charge is 2.58. The van der Waals surface area contributed by atoms with Crippen molar-refractivity contribution in [3.8, 4) is 10.4 Å². The van der Waals surface area contributed by atoms with Crippen LogP contribution in [0.4, 0.5) is 8.63 Å².